The Bertz CT molecular complexity index is 471. The Balaban J connectivity index is 2.50. The van der Waals surface area contributed by atoms with Crippen molar-refractivity contribution in [3.05, 3.63) is 17.8 Å². The van der Waals surface area contributed by atoms with Crippen LogP contribution in [0, 0.1) is 0 Å². The van der Waals surface area contributed by atoms with E-state index in [-0.39, 0.29) is 12.3 Å². The van der Waals surface area contributed by atoms with Crippen molar-refractivity contribution in [1.29, 1.82) is 0 Å². The van der Waals surface area contributed by atoms with E-state index in [4.69, 9.17) is 10.2 Å². The minimum atomic E-state index is -0.582. The van der Waals surface area contributed by atoms with E-state index in [0.717, 1.165) is 31.4 Å². The molecule has 124 valence electrons. The van der Waals surface area contributed by atoms with Crippen LogP contribution in [0.15, 0.2) is 10.7 Å². The van der Waals surface area contributed by atoms with E-state index >= 15 is 0 Å². The Labute approximate surface area is 131 Å². The minimum absolute atomic E-state index is 0.00869. The van der Waals surface area contributed by atoms with E-state index in [2.05, 4.69) is 17.2 Å². The third kappa shape index (κ3) is 6.74. The summed E-state index contributed by atoms with van der Waals surface area (Å²) in [5.74, 6) is -0.251. The van der Waals surface area contributed by atoms with Gasteiger partial charge in [-0.25, -0.2) is 4.98 Å². The Morgan fingerprint density at radius 2 is 2.00 bits per heavy atom. The molecule has 1 atom stereocenters. The molecule has 2 amide bonds. The predicted octanol–water partition coefficient (Wildman–Crippen LogP) is 2.63. The van der Waals surface area contributed by atoms with Crippen LogP contribution in [-0.4, -0.2) is 16.8 Å². The number of rotatable bonds is 11. The molecule has 6 nitrogen and oxygen atoms in total. The maximum absolute atomic E-state index is 12.0. The zero-order chi connectivity index (χ0) is 16.4. The normalized spacial score (nSPS) is 12.1. The van der Waals surface area contributed by atoms with E-state index < -0.39 is 11.9 Å². The summed E-state index contributed by atoms with van der Waals surface area (Å²) in [4.78, 5) is 27.4. The maximum atomic E-state index is 12.0. The van der Waals surface area contributed by atoms with Crippen LogP contribution in [0.3, 0.4) is 0 Å². The number of hydrogen-bond donors (Lipinski definition) is 2. The maximum Gasteiger partial charge on any atom is 0.220 e. The number of nitrogens with zero attached hydrogens (tertiary/aromatic N) is 1. The van der Waals surface area contributed by atoms with E-state index in [1.165, 1.54) is 12.8 Å². The lowest BCUT2D eigenvalue weighted by Crippen LogP contribution is -2.31. The fourth-order valence-corrected chi connectivity index (χ4v) is 2.20. The molecule has 3 N–H and O–H groups in total. The molecule has 1 aromatic rings. The molecule has 0 fully saturated rings. The molecule has 6 heteroatoms. The van der Waals surface area contributed by atoms with Gasteiger partial charge >= 0.3 is 0 Å². The number of primary amides is 1. The van der Waals surface area contributed by atoms with Gasteiger partial charge in [-0.2, -0.15) is 0 Å². The molecule has 1 aromatic heterocycles. The highest BCUT2D eigenvalue weighted by Crippen LogP contribution is 2.17. The monoisotopic (exact) mass is 309 g/mol. The van der Waals surface area contributed by atoms with Crippen LogP contribution in [0.4, 0.5) is 0 Å². The van der Waals surface area contributed by atoms with Crippen LogP contribution in [0.2, 0.25) is 0 Å². The first-order valence-corrected chi connectivity index (χ1v) is 8.08. The third-order valence-corrected chi connectivity index (χ3v) is 3.48. The van der Waals surface area contributed by atoms with Gasteiger partial charge in [0.25, 0.3) is 0 Å². The summed E-state index contributed by atoms with van der Waals surface area (Å²) in [5, 5.41) is 2.80. The molecule has 0 aliphatic carbocycles. The van der Waals surface area contributed by atoms with E-state index in [1.54, 1.807) is 6.26 Å². The molecular formula is C16H27N3O3. The van der Waals surface area contributed by atoms with Gasteiger partial charge in [0, 0.05) is 6.42 Å². The second-order valence-corrected chi connectivity index (χ2v) is 5.49. The van der Waals surface area contributed by atoms with Gasteiger partial charge in [-0.05, 0) is 12.8 Å². The molecule has 1 rings (SSSR count). The van der Waals surface area contributed by atoms with Crippen molar-refractivity contribution < 1.29 is 14.0 Å². The standard InChI is InChI=1S/C16H27N3O3/c1-3-5-6-7-8-9-15(21)19-13(10-14(17)20)16-18-12(4-2)11-22-16/h11,13H,3-10H2,1-2H3,(H2,17,20)(H,19,21)/t13-/m1/s1. The number of carbonyl (C=O) groups excluding carboxylic acids is 2. The van der Waals surface area contributed by atoms with E-state index in [1.807, 2.05) is 6.92 Å². The topological polar surface area (TPSA) is 98.2 Å². The van der Waals surface area contributed by atoms with Gasteiger partial charge in [0.1, 0.15) is 12.3 Å². The molecule has 0 spiro atoms. The van der Waals surface area contributed by atoms with Crippen LogP contribution in [0.25, 0.3) is 0 Å². The lowest BCUT2D eigenvalue weighted by molar-refractivity contribution is -0.123. The Kier molecular flexibility index (Phi) is 8.25. The fraction of sp³-hybridized carbons (Fsp3) is 0.688. The van der Waals surface area contributed by atoms with Crippen molar-refractivity contribution in [1.82, 2.24) is 10.3 Å². The zero-order valence-electron chi connectivity index (χ0n) is 13.6. The number of carbonyl (C=O) groups is 2. The number of aryl methyl sites for hydroxylation is 1. The molecule has 0 unspecified atom stereocenters. The van der Waals surface area contributed by atoms with Gasteiger partial charge in [-0.1, -0.05) is 39.5 Å². The largest absolute Gasteiger partial charge is 0.446 e. The molecule has 0 saturated heterocycles. The van der Waals surface area contributed by atoms with E-state index in [0.29, 0.717) is 12.3 Å². The Hall–Kier alpha value is -1.85. The number of oxazole rings is 1. The summed E-state index contributed by atoms with van der Waals surface area (Å²) in [7, 11) is 0. The highest BCUT2D eigenvalue weighted by atomic mass is 16.3. The lowest BCUT2D eigenvalue weighted by Gasteiger charge is -2.14. The van der Waals surface area contributed by atoms with Crippen LogP contribution in [-0.2, 0) is 16.0 Å². The lowest BCUT2D eigenvalue weighted by atomic mass is 10.1. The first kappa shape index (κ1) is 18.2. The second-order valence-electron chi connectivity index (χ2n) is 5.49. The molecule has 0 aliphatic heterocycles. The van der Waals surface area contributed by atoms with Crippen molar-refractivity contribution in [2.45, 2.75) is 71.3 Å². The first-order valence-electron chi connectivity index (χ1n) is 8.08. The predicted molar refractivity (Wildman–Crippen MR) is 84.0 cm³/mol. The highest BCUT2D eigenvalue weighted by molar-refractivity contribution is 5.78. The van der Waals surface area contributed by atoms with E-state index in [9.17, 15) is 9.59 Å². The quantitative estimate of drug-likeness (QED) is 0.614. The number of amides is 2. The first-order chi connectivity index (χ1) is 10.6. The SMILES string of the molecule is CCCCCCCC(=O)N[C@H](CC(N)=O)c1nc(CC)co1. The summed E-state index contributed by atoms with van der Waals surface area (Å²) in [6.07, 6.45) is 8.12. The molecule has 1 heterocycles. The molecule has 0 radical (unpaired) electrons. The molecule has 0 aliphatic rings. The van der Waals surface area contributed by atoms with Crippen LogP contribution >= 0.6 is 0 Å². The number of nitrogens with one attached hydrogen (secondary N) is 1. The van der Waals surface area contributed by atoms with Crippen LogP contribution < -0.4 is 11.1 Å². The Morgan fingerprint density at radius 1 is 1.27 bits per heavy atom. The average molecular weight is 309 g/mol. The summed E-state index contributed by atoms with van der Waals surface area (Å²) in [6.45, 7) is 4.11. The summed E-state index contributed by atoms with van der Waals surface area (Å²) in [6, 6.07) is -0.582. The van der Waals surface area contributed by atoms with Crippen LogP contribution in [0.1, 0.15) is 76.4 Å². The van der Waals surface area contributed by atoms with Gasteiger partial charge in [-0.3, -0.25) is 9.59 Å². The van der Waals surface area contributed by atoms with Gasteiger partial charge in [0.15, 0.2) is 0 Å². The van der Waals surface area contributed by atoms with Crippen LogP contribution in [0.5, 0.6) is 0 Å². The third-order valence-electron chi connectivity index (χ3n) is 3.48. The van der Waals surface area contributed by atoms with Crippen molar-refractivity contribution in [3.8, 4) is 0 Å². The molecule has 0 bridgehead atoms. The van der Waals surface area contributed by atoms with Gasteiger partial charge in [0.2, 0.25) is 17.7 Å². The zero-order valence-corrected chi connectivity index (χ0v) is 13.6. The number of nitrogens with two attached hydrogens (primary N) is 1. The summed E-state index contributed by atoms with van der Waals surface area (Å²) >= 11 is 0. The van der Waals surface area contributed by atoms with Gasteiger partial charge < -0.3 is 15.5 Å². The van der Waals surface area contributed by atoms with Gasteiger partial charge in [0.05, 0.1) is 12.1 Å². The summed E-state index contributed by atoms with van der Waals surface area (Å²) in [5.41, 5.74) is 6.03. The number of hydrogen-bond acceptors (Lipinski definition) is 4. The molecule has 22 heavy (non-hydrogen) atoms. The van der Waals surface area contributed by atoms with Crippen molar-refractivity contribution in [2.24, 2.45) is 5.73 Å². The molecular weight excluding hydrogens is 282 g/mol. The number of aromatic nitrogens is 1. The Morgan fingerprint density at radius 3 is 2.59 bits per heavy atom. The molecule has 0 aromatic carbocycles. The summed E-state index contributed by atoms with van der Waals surface area (Å²) < 4.78 is 5.34. The highest BCUT2D eigenvalue weighted by Gasteiger charge is 2.21. The van der Waals surface area contributed by atoms with Gasteiger partial charge in [-0.15, -0.1) is 0 Å². The smallest absolute Gasteiger partial charge is 0.220 e. The second kappa shape index (κ2) is 9.97. The minimum Gasteiger partial charge on any atom is -0.446 e. The molecule has 0 saturated carbocycles. The average Bonchev–Trinajstić information content (AvgIpc) is 2.95. The fourth-order valence-electron chi connectivity index (χ4n) is 2.20. The van der Waals surface area contributed by atoms with Crippen molar-refractivity contribution in [2.75, 3.05) is 0 Å². The van der Waals surface area contributed by atoms with Crippen molar-refractivity contribution in [3.63, 3.8) is 0 Å². The van der Waals surface area contributed by atoms with Crippen molar-refractivity contribution >= 4 is 11.8 Å². The number of unbranched alkanes of at least 4 members (excludes halogenated alkanes) is 4.